The van der Waals surface area contributed by atoms with E-state index in [4.69, 9.17) is 0 Å². The van der Waals surface area contributed by atoms with Crippen LogP contribution in [0.1, 0.15) is 12.8 Å². The minimum atomic E-state index is -0.571. The number of amides is 1. The van der Waals surface area contributed by atoms with Gasteiger partial charge in [0, 0.05) is 19.1 Å². The van der Waals surface area contributed by atoms with Gasteiger partial charge in [-0.25, -0.2) is 0 Å². The number of hydrogen-bond acceptors (Lipinski definition) is 5. The van der Waals surface area contributed by atoms with E-state index in [1.54, 1.807) is 4.90 Å². The van der Waals surface area contributed by atoms with E-state index < -0.39 is 4.92 Å². The van der Waals surface area contributed by atoms with E-state index in [2.05, 4.69) is 10.4 Å². The Kier molecular flexibility index (Phi) is 5.90. The molecule has 0 aromatic carbocycles. The number of hydrogen-bond donors (Lipinski definition) is 1. The molecule has 2 rings (SSSR count). The topological polar surface area (TPSA) is 93.3 Å². The second-order valence-corrected chi connectivity index (χ2v) is 4.60. The minimum Gasteiger partial charge on any atom is -0.358 e. The fourth-order valence-corrected chi connectivity index (χ4v) is 2.21. The zero-order valence-corrected chi connectivity index (χ0v) is 12.0. The molecule has 1 fully saturated rings. The van der Waals surface area contributed by atoms with Crippen LogP contribution in [-0.4, -0.2) is 51.7 Å². The molecule has 0 bridgehead atoms. The molecular formula is C11H18ClN5O3. The maximum Gasteiger partial charge on any atom is 0.389 e. The smallest absolute Gasteiger partial charge is 0.358 e. The standard InChI is InChI=1S/C11H17N5O3.ClH/c1-12-9-3-2-5-14(7-9)11(17)8-15-6-4-10(13-15)16(18)19;/h4,6,9,12H,2-3,5,7-8H2,1H3;1H. The number of piperidine rings is 1. The molecule has 0 spiro atoms. The number of aromatic nitrogens is 2. The highest BCUT2D eigenvalue weighted by molar-refractivity contribution is 5.85. The third-order valence-electron chi connectivity index (χ3n) is 3.29. The van der Waals surface area contributed by atoms with Crippen LogP contribution in [0.25, 0.3) is 0 Å². The second-order valence-electron chi connectivity index (χ2n) is 4.60. The monoisotopic (exact) mass is 303 g/mol. The molecule has 1 aromatic heterocycles. The van der Waals surface area contributed by atoms with Gasteiger partial charge in [-0.1, -0.05) is 0 Å². The van der Waals surface area contributed by atoms with Gasteiger partial charge in [-0.3, -0.25) is 4.79 Å². The summed E-state index contributed by atoms with van der Waals surface area (Å²) in [4.78, 5) is 23.8. The molecule has 1 atom stereocenters. The highest BCUT2D eigenvalue weighted by atomic mass is 35.5. The summed E-state index contributed by atoms with van der Waals surface area (Å²) in [5, 5.41) is 17.4. The number of rotatable bonds is 4. The van der Waals surface area contributed by atoms with Crippen molar-refractivity contribution in [1.29, 1.82) is 0 Å². The van der Waals surface area contributed by atoms with Gasteiger partial charge in [0.2, 0.25) is 5.91 Å². The van der Waals surface area contributed by atoms with E-state index in [0.29, 0.717) is 12.6 Å². The summed E-state index contributed by atoms with van der Waals surface area (Å²) >= 11 is 0. The van der Waals surface area contributed by atoms with Crippen LogP contribution in [0.3, 0.4) is 0 Å². The van der Waals surface area contributed by atoms with Crippen molar-refractivity contribution in [2.45, 2.75) is 25.4 Å². The number of nitrogens with zero attached hydrogens (tertiary/aromatic N) is 4. The van der Waals surface area contributed by atoms with Crippen molar-refractivity contribution in [1.82, 2.24) is 20.0 Å². The fraction of sp³-hybridized carbons (Fsp3) is 0.636. The molecule has 1 N–H and O–H groups in total. The molecular weight excluding hydrogens is 286 g/mol. The predicted octanol–water partition coefficient (Wildman–Crippen LogP) is 0.423. The average molecular weight is 304 g/mol. The maximum absolute atomic E-state index is 12.1. The Labute approximate surface area is 122 Å². The van der Waals surface area contributed by atoms with E-state index in [1.165, 1.54) is 16.9 Å². The lowest BCUT2D eigenvalue weighted by Crippen LogP contribution is -2.47. The van der Waals surface area contributed by atoms with Crippen LogP contribution in [0.4, 0.5) is 5.82 Å². The molecule has 0 aliphatic carbocycles. The molecule has 1 amide bonds. The Morgan fingerprint density at radius 3 is 3.00 bits per heavy atom. The Morgan fingerprint density at radius 1 is 1.65 bits per heavy atom. The van der Waals surface area contributed by atoms with Gasteiger partial charge in [-0.2, -0.15) is 4.68 Å². The van der Waals surface area contributed by atoms with E-state index in [1.807, 2.05) is 7.05 Å². The Morgan fingerprint density at radius 2 is 2.40 bits per heavy atom. The van der Waals surface area contributed by atoms with Crippen molar-refractivity contribution in [3.8, 4) is 0 Å². The minimum absolute atomic E-state index is 0. The summed E-state index contributed by atoms with van der Waals surface area (Å²) in [6.45, 7) is 1.46. The Bertz CT molecular complexity index is 478. The van der Waals surface area contributed by atoms with Gasteiger partial charge in [-0.15, -0.1) is 12.4 Å². The highest BCUT2D eigenvalue weighted by Crippen LogP contribution is 2.11. The lowest BCUT2D eigenvalue weighted by molar-refractivity contribution is -0.389. The van der Waals surface area contributed by atoms with Gasteiger partial charge in [0.15, 0.2) is 0 Å². The van der Waals surface area contributed by atoms with Crippen LogP contribution >= 0.6 is 12.4 Å². The third kappa shape index (κ3) is 3.91. The van der Waals surface area contributed by atoms with Crippen molar-refractivity contribution in [2.75, 3.05) is 20.1 Å². The second kappa shape index (κ2) is 7.20. The number of likely N-dealkylation sites (N-methyl/N-ethyl adjacent to an activating group) is 1. The van der Waals surface area contributed by atoms with Gasteiger partial charge < -0.3 is 20.3 Å². The van der Waals surface area contributed by atoms with Crippen LogP contribution in [0.15, 0.2) is 12.3 Å². The van der Waals surface area contributed by atoms with E-state index in [9.17, 15) is 14.9 Å². The summed E-state index contributed by atoms with van der Waals surface area (Å²) in [5.41, 5.74) is 0. The summed E-state index contributed by atoms with van der Waals surface area (Å²) < 4.78 is 1.31. The number of likely N-dealkylation sites (tertiary alicyclic amines) is 1. The van der Waals surface area contributed by atoms with Crippen LogP contribution in [0.2, 0.25) is 0 Å². The molecule has 9 heteroatoms. The summed E-state index contributed by atoms with van der Waals surface area (Å²) in [6.07, 6.45) is 3.49. The molecule has 8 nitrogen and oxygen atoms in total. The van der Waals surface area contributed by atoms with Gasteiger partial charge >= 0.3 is 5.82 Å². The van der Waals surface area contributed by atoms with E-state index in [-0.39, 0.29) is 30.7 Å². The zero-order valence-electron chi connectivity index (χ0n) is 11.2. The molecule has 1 aromatic rings. The highest BCUT2D eigenvalue weighted by Gasteiger charge is 2.23. The van der Waals surface area contributed by atoms with Gasteiger partial charge in [-0.05, 0) is 24.8 Å². The molecule has 0 saturated carbocycles. The molecule has 2 heterocycles. The van der Waals surface area contributed by atoms with Crippen molar-refractivity contribution in [3.63, 3.8) is 0 Å². The number of nitro groups is 1. The summed E-state index contributed by atoms with van der Waals surface area (Å²) in [6, 6.07) is 1.62. The van der Waals surface area contributed by atoms with Gasteiger partial charge in [0.25, 0.3) is 0 Å². The SMILES string of the molecule is CNC1CCCN(C(=O)Cn2ccc([N+](=O)[O-])n2)C1.Cl. The molecule has 112 valence electrons. The average Bonchev–Trinajstić information content (AvgIpc) is 2.87. The maximum atomic E-state index is 12.1. The number of nitrogens with one attached hydrogen (secondary N) is 1. The first-order chi connectivity index (χ1) is 9.10. The van der Waals surface area contributed by atoms with Crippen LogP contribution in [0.5, 0.6) is 0 Å². The quantitative estimate of drug-likeness (QED) is 0.643. The zero-order chi connectivity index (χ0) is 13.8. The predicted molar refractivity (Wildman–Crippen MR) is 74.8 cm³/mol. The normalized spacial score (nSPS) is 18.4. The first kappa shape index (κ1) is 16.4. The lowest BCUT2D eigenvalue weighted by atomic mass is 10.1. The van der Waals surface area contributed by atoms with Crippen molar-refractivity contribution in [2.24, 2.45) is 0 Å². The lowest BCUT2D eigenvalue weighted by Gasteiger charge is -2.32. The number of halogens is 1. The van der Waals surface area contributed by atoms with Crippen LogP contribution < -0.4 is 5.32 Å². The first-order valence-electron chi connectivity index (χ1n) is 6.23. The van der Waals surface area contributed by atoms with Crippen molar-refractivity contribution < 1.29 is 9.72 Å². The largest absolute Gasteiger partial charge is 0.389 e. The number of carbonyl (C=O) groups excluding carboxylic acids is 1. The van der Waals surface area contributed by atoms with Gasteiger partial charge in [0.1, 0.15) is 6.54 Å². The molecule has 1 aliphatic heterocycles. The Hall–Kier alpha value is -1.67. The van der Waals surface area contributed by atoms with Crippen molar-refractivity contribution >= 4 is 24.1 Å². The van der Waals surface area contributed by atoms with Crippen LogP contribution in [-0.2, 0) is 11.3 Å². The number of carbonyl (C=O) groups is 1. The van der Waals surface area contributed by atoms with Gasteiger partial charge in [0.05, 0.1) is 17.4 Å². The summed E-state index contributed by atoms with van der Waals surface area (Å²) in [5.74, 6) is -0.294. The molecule has 1 unspecified atom stereocenters. The molecule has 1 saturated heterocycles. The van der Waals surface area contributed by atoms with E-state index in [0.717, 1.165) is 19.4 Å². The molecule has 0 radical (unpaired) electrons. The van der Waals surface area contributed by atoms with Crippen LogP contribution in [0, 0.1) is 10.1 Å². The Balaban J connectivity index is 0.00000200. The molecule has 20 heavy (non-hydrogen) atoms. The summed E-state index contributed by atoms with van der Waals surface area (Å²) in [7, 11) is 1.88. The first-order valence-corrected chi connectivity index (χ1v) is 6.23. The van der Waals surface area contributed by atoms with Crippen molar-refractivity contribution in [3.05, 3.63) is 22.4 Å². The fourth-order valence-electron chi connectivity index (χ4n) is 2.21. The third-order valence-corrected chi connectivity index (χ3v) is 3.29. The molecule has 1 aliphatic rings. The van der Waals surface area contributed by atoms with E-state index >= 15 is 0 Å².